The number of nitriles is 1. The first-order chi connectivity index (χ1) is 10.8. The largest absolute Gasteiger partial charge is 0.475 e. The molecule has 0 aliphatic heterocycles. The third kappa shape index (κ3) is 3.24. The molecule has 8 heteroatoms. The lowest BCUT2D eigenvalue weighted by molar-refractivity contribution is -0.131. The third-order valence-electron chi connectivity index (χ3n) is 3.04. The smallest absolute Gasteiger partial charge is 0.377 e. The first-order valence-electron chi connectivity index (χ1n) is 6.28. The normalized spacial score (nSPS) is 9.96. The molecule has 0 atom stereocenters. The van der Waals surface area contributed by atoms with Gasteiger partial charge < -0.3 is 15.0 Å². The highest BCUT2D eigenvalue weighted by molar-refractivity contribution is 6.40. The molecule has 1 aromatic heterocycles. The predicted octanol–water partition coefficient (Wildman–Crippen LogP) is 1.56. The molecule has 0 bridgehead atoms. The summed E-state index contributed by atoms with van der Waals surface area (Å²) in [6.07, 6.45) is 1.22. The van der Waals surface area contributed by atoms with Crippen LogP contribution in [-0.4, -0.2) is 27.3 Å². The average molecular weight is 315 g/mol. The number of anilines is 1. The Morgan fingerprint density at radius 1 is 1.30 bits per heavy atom. The second-order valence-electron chi connectivity index (χ2n) is 4.62. The van der Waals surface area contributed by atoms with Crippen LogP contribution < -0.4 is 5.32 Å². The molecule has 116 valence electrons. The molecule has 0 spiro atoms. The number of carbonyl (C=O) groups is 3. The van der Waals surface area contributed by atoms with Crippen LogP contribution in [0.5, 0.6) is 0 Å². The number of carbonyl (C=O) groups excluding carboxylic acids is 2. The number of aliphatic carboxylic acids is 1. The number of halogens is 1. The quantitative estimate of drug-likeness (QED) is 0.656. The number of amides is 1. The molecule has 2 rings (SSSR count). The van der Waals surface area contributed by atoms with E-state index in [1.54, 1.807) is 6.07 Å². The molecule has 0 aliphatic carbocycles. The summed E-state index contributed by atoms with van der Waals surface area (Å²) in [5, 5.41) is 19.9. The van der Waals surface area contributed by atoms with E-state index in [1.165, 1.54) is 29.9 Å². The van der Waals surface area contributed by atoms with Gasteiger partial charge in [-0.1, -0.05) is 0 Å². The second-order valence-corrected chi connectivity index (χ2v) is 4.62. The van der Waals surface area contributed by atoms with Crippen molar-refractivity contribution in [2.24, 2.45) is 7.05 Å². The Bertz CT molecular complexity index is 864. The molecule has 1 aromatic carbocycles. The lowest BCUT2D eigenvalue weighted by Gasteiger charge is -2.06. The highest BCUT2D eigenvalue weighted by Gasteiger charge is 2.20. The highest BCUT2D eigenvalue weighted by atomic mass is 19.1. The Balaban J connectivity index is 2.27. The Morgan fingerprint density at radius 3 is 2.61 bits per heavy atom. The number of benzene rings is 1. The molecule has 0 radical (unpaired) electrons. The zero-order valence-corrected chi connectivity index (χ0v) is 11.8. The van der Waals surface area contributed by atoms with Crippen LogP contribution in [0, 0.1) is 17.1 Å². The van der Waals surface area contributed by atoms with E-state index in [0.29, 0.717) is 0 Å². The summed E-state index contributed by atoms with van der Waals surface area (Å²) >= 11 is 0. The number of ketones is 1. The van der Waals surface area contributed by atoms with Gasteiger partial charge in [-0.2, -0.15) is 5.26 Å². The van der Waals surface area contributed by atoms with Gasteiger partial charge in [0.25, 0.3) is 11.7 Å². The van der Waals surface area contributed by atoms with Crippen LogP contribution in [0.4, 0.5) is 10.1 Å². The van der Waals surface area contributed by atoms with Crippen LogP contribution in [0.25, 0.3) is 0 Å². The zero-order chi connectivity index (χ0) is 17.1. The van der Waals surface area contributed by atoms with Crippen LogP contribution in [-0.2, 0) is 11.8 Å². The number of carboxylic acids is 1. The third-order valence-corrected chi connectivity index (χ3v) is 3.04. The van der Waals surface area contributed by atoms with E-state index in [4.69, 9.17) is 10.4 Å². The highest BCUT2D eigenvalue weighted by Crippen LogP contribution is 2.16. The van der Waals surface area contributed by atoms with E-state index in [1.807, 2.05) is 0 Å². The number of hydrogen-bond donors (Lipinski definition) is 2. The van der Waals surface area contributed by atoms with E-state index in [2.05, 4.69) is 5.32 Å². The van der Waals surface area contributed by atoms with Gasteiger partial charge in [0.1, 0.15) is 17.6 Å². The summed E-state index contributed by atoms with van der Waals surface area (Å²) in [6.45, 7) is 0. The fourth-order valence-electron chi connectivity index (χ4n) is 1.92. The number of aromatic nitrogens is 1. The first-order valence-corrected chi connectivity index (χ1v) is 6.28. The van der Waals surface area contributed by atoms with Crippen molar-refractivity contribution in [1.82, 2.24) is 4.57 Å². The minimum absolute atomic E-state index is 0.0393. The summed E-state index contributed by atoms with van der Waals surface area (Å²) in [5.74, 6) is -4.10. The molecular weight excluding hydrogens is 305 g/mol. The average Bonchev–Trinajstić information content (AvgIpc) is 2.90. The summed E-state index contributed by atoms with van der Waals surface area (Å²) in [4.78, 5) is 34.2. The summed E-state index contributed by atoms with van der Waals surface area (Å²) in [5.41, 5.74) is -0.129. The first kappa shape index (κ1) is 15.9. The van der Waals surface area contributed by atoms with E-state index in [9.17, 15) is 18.8 Å². The molecule has 1 heterocycles. The Labute approximate surface area is 129 Å². The predicted molar refractivity (Wildman–Crippen MR) is 76.4 cm³/mol. The van der Waals surface area contributed by atoms with Crippen LogP contribution in [0.2, 0.25) is 0 Å². The van der Waals surface area contributed by atoms with Gasteiger partial charge in [-0.15, -0.1) is 0 Å². The fourth-order valence-corrected chi connectivity index (χ4v) is 1.92. The standard InChI is InChI=1S/C15H10FN3O4/c1-19-7-9(13(20)15(22)23)5-12(19)14(21)18-10-2-3-11(16)8(4-10)6-17/h2-5,7H,1H3,(H,18,21)(H,22,23). The molecule has 1 amide bonds. The number of nitrogens with zero attached hydrogens (tertiary/aromatic N) is 2. The van der Waals surface area contributed by atoms with Gasteiger partial charge in [-0.3, -0.25) is 9.59 Å². The zero-order valence-electron chi connectivity index (χ0n) is 11.8. The lowest BCUT2D eigenvalue weighted by atomic mass is 10.2. The molecule has 23 heavy (non-hydrogen) atoms. The van der Waals surface area contributed by atoms with Crippen molar-refractivity contribution < 1.29 is 23.9 Å². The fraction of sp³-hybridized carbons (Fsp3) is 0.0667. The number of carboxylic acid groups (broad SMARTS) is 1. The molecule has 0 aliphatic rings. The minimum Gasteiger partial charge on any atom is -0.475 e. The van der Waals surface area contributed by atoms with Crippen molar-refractivity contribution in [1.29, 1.82) is 5.26 Å². The number of aryl methyl sites for hydroxylation is 1. The van der Waals surface area contributed by atoms with E-state index < -0.39 is 23.5 Å². The van der Waals surface area contributed by atoms with Crippen LogP contribution in [0.1, 0.15) is 26.4 Å². The topological polar surface area (TPSA) is 112 Å². The maximum absolute atomic E-state index is 13.2. The van der Waals surface area contributed by atoms with Gasteiger partial charge >= 0.3 is 5.97 Å². The molecular formula is C15H10FN3O4. The molecule has 2 N–H and O–H groups in total. The van der Waals surface area contributed by atoms with E-state index in [0.717, 1.165) is 12.1 Å². The number of rotatable bonds is 4. The summed E-state index contributed by atoms with van der Waals surface area (Å²) in [7, 11) is 1.47. The second kappa shape index (κ2) is 6.11. The van der Waals surface area contributed by atoms with Gasteiger partial charge in [0.15, 0.2) is 0 Å². The van der Waals surface area contributed by atoms with E-state index >= 15 is 0 Å². The van der Waals surface area contributed by atoms with Gasteiger partial charge in [-0.05, 0) is 24.3 Å². The summed E-state index contributed by atoms with van der Waals surface area (Å²) in [6, 6.07) is 6.27. The Morgan fingerprint density at radius 2 is 2.00 bits per heavy atom. The number of Topliss-reactive ketones (excluding diaryl/α,β-unsaturated/α-hetero) is 1. The molecule has 7 nitrogen and oxygen atoms in total. The van der Waals surface area contributed by atoms with Crippen molar-refractivity contribution >= 4 is 23.3 Å². The monoisotopic (exact) mass is 315 g/mol. The van der Waals surface area contributed by atoms with Crippen molar-refractivity contribution in [3.63, 3.8) is 0 Å². The molecule has 2 aromatic rings. The Kier molecular flexibility index (Phi) is 4.23. The SMILES string of the molecule is Cn1cc(C(=O)C(=O)O)cc1C(=O)Nc1ccc(F)c(C#N)c1. The van der Waals surface area contributed by atoms with Gasteiger partial charge in [0.2, 0.25) is 0 Å². The van der Waals surface area contributed by atoms with Crippen molar-refractivity contribution in [3.8, 4) is 6.07 Å². The molecule has 0 saturated carbocycles. The van der Waals surface area contributed by atoms with Crippen molar-refractivity contribution in [3.05, 3.63) is 53.1 Å². The molecule has 0 fully saturated rings. The van der Waals surface area contributed by atoms with Crippen LogP contribution in [0.15, 0.2) is 30.5 Å². The minimum atomic E-state index is -1.63. The van der Waals surface area contributed by atoms with Crippen LogP contribution in [0.3, 0.4) is 0 Å². The maximum atomic E-state index is 13.2. The summed E-state index contributed by atoms with van der Waals surface area (Å²) < 4.78 is 14.5. The maximum Gasteiger partial charge on any atom is 0.377 e. The van der Waals surface area contributed by atoms with Crippen molar-refractivity contribution in [2.75, 3.05) is 5.32 Å². The Hall–Kier alpha value is -3.47. The number of nitrogens with one attached hydrogen (secondary N) is 1. The lowest BCUT2D eigenvalue weighted by Crippen LogP contribution is -2.15. The van der Waals surface area contributed by atoms with E-state index in [-0.39, 0.29) is 22.5 Å². The van der Waals surface area contributed by atoms with Gasteiger partial charge in [0.05, 0.1) is 5.56 Å². The molecule has 0 saturated heterocycles. The van der Waals surface area contributed by atoms with Gasteiger partial charge in [0, 0.05) is 24.5 Å². The van der Waals surface area contributed by atoms with Crippen molar-refractivity contribution in [2.45, 2.75) is 0 Å². The number of hydrogen-bond acceptors (Lipinski definition) is 4. The van der Waals surface area contributed by atoms with Gasteiger partial charge in [-0.25, -0.2) is 9.18 Å². The van der Waals surface area contributed by atoms with Crippen LogP contribution >= 0.6 is 0 Å². The molecule has 0 unspecified atom stereocenters.